The highest BCUT2D eigenvalue weighted by Crippen LogP contribution is 2.37. The van der Waals surface area contributed by atoms with E-state index in [1.165, 1.54) is 10.9 Å². The summed E-state index contributed by atoms with van der Waals surface area (Å²) in [5.74, 6) is 0.0650. The van der Waals surface area contributed by atoms with E-state index < -0.39 is 31.2 Å². The summed E-state index contributed by atoms with van der Waals surface area (Å²) in [5, 5.41) is 9.50. The second-order valence-corrected chi connectivity index (χ2v) is 7.28. The van der Waals surface area contributed by atoms with Crippen LogP contribution < -0.4 is 10.5 Å². The Hall–Kier alpha value is -2.93. The minimum Gasteiger partial charge on any atom is -0.471 e. The third kappa shape index (κ3) is 4.78. The van der Waals surface area contributed by atoms with E-state index >= 15 is 0 Å². The summed E-state index contributed by atoms with van der Waals surface area (Å²) in [6.07, 6.45) is -4.97. The number of nitrogens with zero attached hydrogens (tertiary/aromatic N) is 4. The predicted octanol–water partition coefficient (Wildman–Crippen LogP) is 1.89. The molecule has 0 bridgehead atoms. The van der Waals surface area contributed by atoms with Crippen LogP contribution in [0.4, 0.5) is 14.7 Å². The van der Waals surface area contributed by atoms with Gasteiger partial charge in [-0.15, -0.1) is 0 Å². The number of hydrogen-bond donors (Lipinski definition) is 2. The molecule has 1 unspecified atom stereocenters. The van der Waals surface area contributed by atoms with E-state index in [1.807, 2.05) is 30.3 Å². The van der Waals surface area contributed by atoms with Crippen molar-refractivity contribution in [2.75, 3.05) is 26.1 Å². The number of aromatic nitrogens is 4. The number of fused-ring (bicyclic) bond motifs is 1. The first-order chi connectivity index (χ1) is 15.4. The molecule has 10 nitrogen and oxygen atoms in total. The van der Waals surface area contributed by atoms with E-state index in [0.717, 1.165) is 12.7 Å². The largest absolute Gasteiger partial charge is 0.471 e. The Balaban J connectivity index is 1.63. The van der Waals surface area contributed by atoms with Gasteiger partial charge in [0, 0.05) is 13.5 Å². The van der Waals surface area contributed by atoms with E-state index in [-0.39, 0.29) is 42.6 Å². The molecule has 1 aliphatic heterocycles. The summed E-state index contributed by atoms with van der Waals surface area (Å²) in [5.41, 5.74) is 7.29. The van der Waals surface area contributed by atoms with Crippen LogP contribution in [-0.2, 0) is 20.8 Å². The van der Waals surface area contributed by atoms with Gasteiger partial charge in [-0.2, -0.15) is 18.7 Å². The number of benzene rings is 1. The van der Waals surface area contributed by atoms with Crippen molar-refractivity contribution in [1.82, 2.24) is 19.5 Å². The quantitative estimate of drug-likeness (QED) is 0.501. The molecule has 0 saturated carbocycles. The van der Waals surface area contributed by atoms with Crippen LogP contribution in [0.1, 0.15) is 18.2 Å². The number of ether oxygens (including phenoxy) is 4. The van der Waals surface area contributed by atoms with Crippen molar-refractivity contribution in [3.05, 3.63) is 42.2 Å². The lowest BCUT2D eigenvalue weighted by Crippen LogP contribution is -2.35. The van der Waals surface area contributed by atoms with Crippen molar-refractivity contribution < 1.29 is 32.8 Å². The predicted molar refractivity (Wildman–Crippen MR) is 108 cm³/mol. The Morgan fingerprint density at radius 2 is 2.06 bits per heavy atom. The van der Waals surface area contributed by atoms with E-state index in [2.05, 4.69) is 19.7 Å². The van der Waals surface area contributed by atoms with Gasteiger partial charge in [-0.25, -0.2) is 4.98 Å². The van der Waals surface area contributed by atoms with Gasteiger partial charge in [-0.05, 0) is 5.56 Å². The second-order valence-electron chi connectivity index (χ2n) is 7.28. The lowest BCUT2D eigenvalue weighted by molar-refractivity contribution is -0.291. The van der Waals surface area contributed by atoms with Crippen LogP contribution in [0.25, 0.3) is 11.2 Å². The number of halogens is 2. The van der Waals surface area contributed by atoms with Crippen LogP contribution in [-0.4, -0.2) is 63.3 Å². The highest BCUT2D eigenvalue weighted by molar-refractivity contribution is 5.77. The normalized spacial score (nSPS) is 21.3. The first kappa shape index (κ1) is 22.3. The van der Waals surface area contributed by atoms with Gasteiger partial charge < -0.3 is 29.8 Å². The number of nitrogens with two attached hydrogens (primary N) is 1. The van der Waals surface area contributed by atoms with Crippen molar-refractivity contribution in [1.29, 1.82) is 0 Å². The standard InChI is InChI=1S/C20H23F2N5O5/c1-29-10-20(21,22)32-14-7-13(8-28)31-18(14)27-11-24-15-16(27)25-19(23)26-17(15)30-9-12-5-3-2-4-6-12/h2-6,11,13-14,18,28H,7-10H2,1H3,(H2,23,25,26)/t13-,14+,18?/m0/s1. The first-order valence-electron chi connectivity index (χ1n) is 9.88. The number of methoxy groups -OCH3 is 1. The number of imidazole rings is 1. The minimum absolute atomic E-state index is 0.0398. The van der Waals surface area contributed by atoms with Crippen LogP contribution in [0.5, 0.6) is 5.88 Å². The van der Waals surface area contributed by atoms with Gasteiger partial charge in [0.1, 0.15) is 19.3 Å². The summed E-state index contributed by atoms with van der Waals surface area (Å²) in [7, 11) is 1.15. The van der Waals surface area contributed by atoms with E-state index in [1.54, 1.807) is 0 Å². The van der Waals surface area contributed by atoms with Crippen LogP contribution >= 0.6 is 0 Å². The molecule has 4 rings (SSSR count). The lowest BCUT2D eigenvalue weighted by Gasteiger charge is -2.25. The fraction of sp³-hybridized carbons (Fsp3) is 0.450. The molecular formula is C20H23F2N5O5. The summed E-state index contributed by atoms with van der Waals surface area (Å²) < 4.78 is 50.6. The zero-order chi connectivity index (χ0) is 22.7. The van der Waals surface area contributed by atoms with Crippen LogP contribution in [0.15, 0.2) is 36.7 Å². The Kier molecular flexibility index (Phi) is 6.46. The van der Waals surface area contributed by atoms with Gasteiger partial charge >= 0.3 is 6.11 Å². The number of rotatable bonds is 9. The number of alkyl halides is 2. The number of aliphatic hydroxyl groups is 1. The Labute approximate surface area is 181 Å². The summed E-state index contributed by atoms with van der Waals surface area (Å²) in [6.45, 7) is -1.06. The maximum absolute atomic E-state index is 14.1. The number of aliphatic hydroxyl groups excluding tert-OH is 1. The smallest absolute Gasteiger partial charge is 0.379 e. The van der Waals surface area contributed by atoms with E-state index in [0.29, 0.717) is 0 Å². The van der Waals surface area contributed by atoms with Gasteiger partial charge in [-0.3, -0.25) is 4.57 Å². The van der Waals surface area contributed by atoms with Crippen molar-refractivity contribution in [3.8, 4) is 5.88 Å². The molecule has 0 amide bonds. The fourth-order valence-corrected chi connectivity index (χ4v) is 3.53. The molecule has 12 heteroatoms. The highest BCUT2D eigenvalue weighted by atomic mass is 19.3. The molecule has 3 aromatic rings. The molecular weight excluding hydrogens is 428 g/mol. The molecule has 2 aromatic heterocycles. The van der Waals surface area contributed by atoms with Crippen molar-refractivity contribution >= 4 is 17.1 Å². The van der Waals surface area contributed by atoms with Crippen molar-refractivity contribution in [3.63, 3.8) is 0 Å². The Morgan fingerprint density at radius 1 is 1.28 bits per heavy atom. The zero-order valence-corrected chi connectivity index (χ0v) is 17.2. The van der Waals surface area contributed by atoms with E-state index in [9.17, 15) is 13.9 Å². The average Bonchev–Trinajstić information content (AvgIpc) is 3.35. The summed E-state index contributed by atoms with van der Waals surface area (Å²) in [6, 6.07) is 9.44. The zero-order valence-electron chi connectivity index (χ0n) is 17.2. The SMILES string of the molecule is COCC(F)(F)O[C@@H]1C[C@@H](CO)OC1n1cnc2c(OCc3ccccc3)nc(N)nc21. The fourth-order valence-electron chi connectivity index (χ4n) is 3.53. The first-order valence-corrected chi connectivity index (χ1v) is 9.88. The highest BCUT2D eigenvalue weighted by Gasteiger charge is 2.44. The van der Waals surface area contributed by atoms with Gasteiger partial charge in [0.25, 0.3) is 0 Å². The van der Waals surface area contributed by atoms with E-state index in [4.69, 9.17) is 19.9 Å². The molecule has 172 valence electrons. The molecule has 3 heterocycles. The summed E-state index contributed by atoms with van der Waals surface area (Å²) >= 11 is 0. The Bertz CT molecular complexity index is 1050. The third-order valence-electron chi connectivity index (χ3n) is 4.88. The van der Waals surface area contributed by atoms with Gasteiger partial charge in [0.2, 0.25) is 11.8 Å². The van der Waals surface area contributed by atoms with Crippen LogP contribution in [0.2, 0.25) is 0 Å². The molecule has 3 N–H and O–H groups in total. The van der Waals surface area contributed by atoms with Gasteiger partial charge in [-0.1, -0.05) is 30.3 Å². The maximum atomic E-state index is 14.1. The topological polar surface area (TPSA) is 127 Å². The third-order valence-corrected chi connectivity index (χ3v) is 4.88. The number of nitrogen functional groups attached to an aromatic ring is 1. The molecule has 1 saturated heterocycles. The molecule has 1 aromatic carbocycles. The Morgan fingerprint density at radius 3 is 2.78 bits per heavy atom. The maximum Gasteiger partial charge on any atom is 0.379 e. The molecule has 1 aliphatic rings. The minimum atomic E-state index is -3.54. The molecule has 32 heavy (non-hydrogen) atoms. The van der Waals surface area contributed by atoms with Crippen molar-refractivity contribution in [2.45, 2.75) is 37.6 Å². The van der Waals surface area contributed by atoms with Crippen LogP contribution in [0.3, 0.4) is 0 Å². The molecule has 0 aliphatic carbocycles. The average molecular weight is 451 g/mol. The number of hydrogen-bond acceptors (Lipinski definition) is 9. The second kappa shape index (κ2) is 9.28. The monoisotopic (exact) mass is 451 g/mol. The molecule has 3 atom stereocenters. The number of anilines is 1. The van der Waals surface area contributed by atoms with Gasteiger partial charge in [0.15, 0.2) is 17.4 Å². The van der Waals surface area contributed by atoms with Crippen molar-refractivity contribution in [2.24, 2.45) is 0 Å². The molecule has 1 fully saturated rings. The molecule has 0 spiro atoms. The summed E-state index contributed by atoms with van der Waals surface area (Å²) in [4.78, 5) is 12.6. The van der Waals surface area contributed by atoms with Crippen LogP contribution in [0, 0.1) is 0 Å². The van der Waals surface area contributed by atoms with Gasteiger partial charge in [0.05, 0.1) is 19.0 Å². The molecule has 0 radical (unpaired) electrons. The lowest BCUT2D eigenvalue weighted by atomic mass is 10.2.